The first-order valence-electron chi connectivity index (χ1n) is 8.79. The smallest absolute Gasteiger partial charge is 0.319 e. The molecular weight excluding hydrogens is 454 g/mol. The molecule has 10 heteroatoms. The molecule has 2 amide bonds. The van der Waals surface area contributed by atoms with E-state index in [9.17, 15) is 18.8 Å². The van der Waals surface area contributed by atoms with Gasteiger partial charge in [-0.05, 0) is 56.3 Å². The van der Waals surface area contributed by atoms with Gasteiger partial charge in [0.1, 0.15) is 11.1 Å². The zero-order valence-electron chi connectivity index (χ0n) is 16.1. The van der Waals surface area contributed by atoms with Gasteiger partial charge < -0.3 is 15.4 Å². The topological polar surface area (TPSA) is 84.5 Å². The molecule has 0 heterocycles. The number of amides is 2. The number of benzene rings is 2. The summed E-state index contributed by atoms with van der Waals surface area (Å²) in [7, 11) is 0. The molecule has 2 aromatic carbocycles. The Hall–Kier alpha value is -2.29. The molecule has 2 rings (SSSR count). The summed E-state index contributed by atoms with van der Waals surface area (Å²) in [5.41, 5.74) is 0.789. The van der Waals surface area contributed by atoms with Crippen LogP contribution in [0, 0.1) is 5.82 Å². The third-order valence-electron chi connectivity index (χ3n) is 3.78. The van der Waals surface area contributed by atoms with E-state index >= 15 is 0 Å². The van der Waals surface area contributed by atoms with Gasteiger partial charge in [-0.2, -0.15) is 0 Å². The van der Waals surface area contributed by atoms with Gasteiger partial charge in [0.15, 0.2) is 6.10 Å². The van der Waals surface area contributed by atoms with Crippen molar-refractivity contribution in [3.63, 3.8) is 0 Å². The lowest BCUT2D eigenvalue weighted by Crippen LogP contribution is -2.33. The molecular formula is C20H19Cl2FN2O4S. The Morgan fingerprint density at radius 2 is 1.73 bits per heavy atom. The van der Waals surface area contributed by atoms with E-state index in [1.807, 2.05) is 0 Å². The van der Waals surface area contributed by atoms with Gasteiger partial charge in [0, 0.05) is 10.7 Å². The van der Waals surface area contributed by atoms with Crippen molar-refractivity contribution >= 4 is 64.1 Å². The van der Waals surface area contributed by atoms with Crippen molar-refractivity contribution in [2.75, 3.05) is 16.4 Å². The molecule has 0 bridgehead atoms. The summed E-state index contributed by atoms with van der Waals surface area (Å²) in [6, 6.07) is 9.90. The highest BCUT2D eigenvalue weighted by atomic mass is 35.5. The van der Waals surface area contributed by atoms with Gasteiger partial charge in [-0.1, -0.05) is 23.2 Å². The highest BCUT2D eigenvalue weighted by Gasteiger charge is 2.23. The third kappa shape index (κ3) is 7.51. The van der Waals surface area contributed by atoms with Crippen LogP contribution in [0.1, 0.15) is 13.8 Å². The lowest BCUT2D eigenvalue weighted by molar-refractivity contribution is -0.152. The van der Waals surface area contributed by atoms with Gasteiger partial charge in [0.2, 0.25) is 5.91 Å². The van der Waals surface area contributed by atoms with Crippen LogP contribution < -0.4 is 10.6 Å². The van der Waals surface area contributed by atoms with Gasteiger partial charge >= 0.3 is 5.97 Å². The van der Waals surface area contributed by atoms with Crippen LogP contribution in [0.2, 0.25) is 10.0 Å². The van der Waals surface area contributed by atoms with Crippen LogP contribution in [0.15, 0.2) is 42.5 Å². The predicted octanol–water partition coefficient (Wildman–Crippen LogP) is 4.76. The maximum atomic E-state index is 12.9. The van der Waals surface area contributed by atoms with Gasteiger partial charge in [-0.3, -0.25) is 14.4 Å². The molecule has 0 spiro atoms. The van der Waals surface area contributed by atoms with Crippen molar-refractivity contribution in [2.45, 2.75) is 25.2 Å². The quantitative estimate of drug-likeness (QED) is 0.540. The van der Waals surface area contributed by atoms with Crippen LogP contribution in [0.5, 0.6) is 0 Å². The number of thioether (sulfide) groups is 1. The van der Waals surface area contributed by atoms with E-state index in [4.69, 9.17) is 27.9 Å². The number of ether oxygens (including phenoxy) is 1. The molecule has 0 radical (unpaired) electrons. The molecule has 2 unspecified atom stereocenters. The van der Waals surface area contributed by atoms with E-state index in [-0.39, 0.29) is 16.7 Å². The van der Waals surface area contributed by atoms with Crippen LogP contribution in [-0.4, -0.2) is 34.9 Å². The molecule has 0 aliphatic rings. The second-order valence-corrected chi connectivity index (χ2v) is 8.37. The fraction of sp³-hybridized carbons (Fsp3) is 0.250. The summed E-state index contributed by atoms with van der Waals surface area (Å²) in [5, 5.41) is 5.15. The van der Waals surface area contributed by atoms with E-state index in [2.05, 4.69) is 10.6 Å². The number of hydrogen-bond acceptors (Lipinski definition) is 5. The molecule has 6 nitrogen and oxygen atoms in total. The second kappa shape index (κ2) is 11.2. The lowest BCUT2D eigenvalue weighted by Gasteiger charge is -2.17. The number of hydrogen-bond donors (Lipinski definition) is 2. The van der Waals surface area contributed by atoms with E-state index in [0.29, 0.717) is 16.4 Å². The van der Waals surface area contributed by atoms with Crippen molar-refractivity contribution in [2.24, 2.45) is 0 Å². The Kier molecular flexibility index (Phi) is 8.95. The van der Waals surface area contributed by atoms with Crippen molar-refractivity contribution in [3.8, 4) is 0 Å². The van der Waals surface area contributed by atoms with Gasteiger partial charge in [-0.25, -0.2) is 4.39 Å². The highest BCUT2D eigenvalue weighted by molar-refractivity contribution is 8.01. The number of carbonyl (C=O) groups excluding carboxylic acids is 3. The minimum Gasteiger partial charge on any atom is -0.452 e. The molecule has 0 aliphatic carbocycles. The van der Waals surface area contributed by atoms with Gasteiger partial charge in [-0.15, -0.1) is 11.8 Å². The van der Waals surface area contributed by atoms with Crippen LogP contribution in [0.4, 0.5) is 15.8 Å². The zero-order chi connectivity index (χ0) is 22.3. The van der Waals surface area contributed by atoms with E-state index in [1.54, 1.807) is 13.0 Å². The van der Waals surface area contributed by atoms with Crippen LogP contribution in [0.3, 0.4) is 0 Å². The molecule has 0 fully saturated rings. The van der Waals surface area contributed by atoms with Gasteiger partial charge in [0.05, 0.1) is 16.5 Å². The first-order valence-corrected chi connectivity index (χ1v) is 10.6. The standard InChI is InChI=1S/C20H19Cl2FN2O4S/c1-11(19(27)25-17-8-3-13(21)9-16(17)22)29-20(28)12(2)30-10-18(26)24-15-6-4-14(23)5-7-15/h3-9,11-12H,10H2,1-2H3,(H,24,26)(H,25,27). The largest absolute Gasteiger partial charge is 0.452 e. The van der Waals surface area contributed by atoms with E-state index < -0.39 is 29.0 Å². The molecule has 2 atom stereocenters. The minimum atomic E-state index is -1.07. The number of halogens is 3. The predicted molar refractivity (Wildman–Crippen MR) is 118 cm³/mol. The van der Waals surface area contributed by atoms with E-state index in [0.717, 1.165) is 11.8 Å². The monoisotopic (exact) mass is 472 g/mol. The molecule has 0 aromatic heterocycles. The minimum absolute atomic E-state index is 0.0192. The summed E-state index contributed by atoms with van der Waals surface area (Å²) >= 11 is 12.9. The Morgan fingerprint density at radius 3 is 2.37 bits per heavy atom. The first-order chi connectivity index (χ1) is 14.2. The lowest BCUT2D eigenvalue weighted by atomic mass is 10.3. The molecule has 30 heavy (non-hydrogen) atoms. The molecule has 0 saturated heterocycles. The Labute approximate surface area is 187 Å². The number of anilines is 2. The number of carbonyl (C=O) groups is 3. The fourth-order valence-corrected chi connectivity index (χ4v) is 3.27. The van der Waals surface area contributed by atoms with Crippen molar-refractivity contribution in [1.82, 2.24) is 0 Å². The highest BCUT2D eigenvalue weighted by Crippen LogP contribution is 2.25. The number of rotatable bonds is 8. The fourth-order valence-electron chi connectivity index (χ4n) is 2.15. The summed E-state index contributed by atoms with van der Waals surface area (Å²) in [5.74, 6) is -1.97. The molecule has 0 aliphatic heterocycles. The summed E-state index contributed by atoms with van der Waals surface area (Å²) in [6.07, 6.45) is -1.07. The summed E-state index contributed by atoms with van der Waals surface area (Å²) < 4.78 is 18.0. The normalized spacial score (nSPS) is 12.6. The first kappa shape index (κ1) is 24.0. The SMILES string of the molecule is CC(OC(=O)C(C)SCC(=O)Nc1ccc(F)cc1)C(=O)Nc1ccc(Cl)cc1Cl. The molecule has 2 aromatic rings. The number of nitrogens with one attached hydrogen (secondary N) is 2. The Morgan fingerprint density at radius 1 is 1.07 bits per heavy atom. The maximum Gasteiger partial charge on any atom is 0.319 e. The molecule has 160 valence electrons. The molecule has 0 saturated carbocycles. The van der Waals surface area contributed by atoms with E-state index in [1.165, 1.54) is 43.3 Å². The van der Waals surface area contributed by atoms with Crippen LogP contribution >= 0.6 is 35.0 Å². The number of esters is 1. The average molecular weight is 473 g/mol. The average Bonchev–Trinajstić information content (AvgIpc) is 2.69. The van der Waals surface area contributed by atoms with Crippen molar-refractivity contribution in [1.29, 1.82) is 0 Å². The van der Waals surface area contributed by atoms with Crippen molar-refractivity contribution < 1.29 is 23.5 Å². The van der Waals surface area contributed by atoms with Crippen molar-refractivity contribution in [3.05, 3.63) is 58.3 Å². The maximum absolute atomic E-state index is 12.9. The van der Waals surface area contributed by atoms with Crippen LogP contribution in [-0.2, 0) is 19.1 Å². The summed E-state index contributed by atoms with van der Waals surface area (Å²) in [4.78, 5) is 36.4. The zero-order valence-corrected chi connectivity index (χ0v) is 18.4. The van der Waals surface area contributed by atoms with Crippen LogP contribution in [0.25, 0.3) is 0 Å². The summed E-state index contributed by atoms with van der Waals surface area (Å²) in [6.45, 7) is 2.99. The molecule has 2 N–H and O–H groups in total. The third-order valence-corrected chi connectivity index (χ3v) is 5.44. The van der Waals surface area contributed by atoms with Gasteiger partial charge in [0.25, 0.3) is 5.91 Å². The Balaban J connectivity index is 1.78. The Bertz CT molecular complexity index is 928. The second-order valence-electron chi connectivity index (χ2n) is 6.20.